The molecule has 0 saturated heterocycles. The van der Waals surface area contributed by atoms with Crippen LogP contribution in [0.5, 0.6) is 0 Å². The van der Waals surface area contributed by atoms with Crippen molar-refractivity contribution >= 4 is 39.2 Å². The van der Waals surface area contributed by atoms with E-state index in [0.29, 0.717) is 28.8 Å². The molecule has 0 spiro atoms. The third-order valence-corrected chi connectivity index (χ3v) is 4.42. The average Bonchev–Trinajstić information content (AvgIpc) is 3.07. The topological polar surface area (TPSA) is 108 Å². The Hall–Kier alpha value is -3.22. The Bertz CT molecular complexity index is 1070. The second kappa shape index (κ2) is 6.95. The number of aromatic amines is 1. The Labute approximate surface area is 149 Å². The molecular weight excluding hydrogens is 332 g/mol. The summed E-state index contributed by atoms with van der Waals surface area (Å²) in [5.74, 6) is -0.553. The molecular formula is C19H20N4O3. The molecule has 1 aromatic carbocycles. The van der Waals surface area contributed by atoms with Crippen LogP contribution in [-0.4, -0.2) is 28.8 Å². The predicted octanol–water partition coefficient (Wildman–Crippen LogP) is 2.96. The van der Waals surface area contributed by atoms with E-state index >= 15 is 0 Å². The Morgan fingerprint density at radius 1 is 1.42 bits per heavy atom. The number of methoxy groups -OCH3 is 1. The first kappa shape index (κ1) is 17.6. The summed E-state index contributed by atoms with van der Waals surface area (Å²) in [6.07, 6.45) is 4.95. The molecule has 0 radical (unpaired) electrons. The molecule has 3 aromatic rings. The zero-order valence-corrected chi connectivity index (χ0v) is 14.8. The second-order valence-corrected chi connectivity index (χ2v) is 6.17. The normalized spacial score (nSPS) is 12.7. The van der Waals surface area contributed by atoms with E-state index in [2.05, 4.69) is 15.3 Å². The summed E-state index contributed by atoms with van der Waals surface area (Å²) in [5, 5.41) is 12.7. The van der Waals surface area contributed by atoms with Gasteiger partial charge in [-0.15, -0.1) is 0 Å². The number of benzene rings is 1. The van der Waals surface area contributed by atoms with Crippen molar-refractivity contribution in [3.05, 3.63) is 41.7 Å². The number of ether oxygens (including phenoxy) is 1. The number of carbonyl (C=O) groups is 2. The van der Waals surface area contributed by atoms with Crippen molar-refractivity contribution < 1.29 is 14.3 Å². The van der Waals surface area contributed by atoms with Gasteiger partial charge in [-0.3, -0.25) is 20.0 Å². The van der Waals surface area contributed by atoms with Gasteiger partial charge in [-0.1, -0.05) is 13.8 Å². The highest BCUT2D eigenvalue weighted by Crippen LogP contribution is 2.29. The summed E-state index contributed by atoms with van der Waals surface area (Å²) in [6.45, 7) is 3.78. The zero-order chi connectivity index (χ0) is 18.8. The molecule has 0 unspecified atom stereocenters. The number of ketones is 1. The first-order valence-corrected chi connectivity index (χ1v) is 8.33. The summed E-state index contributed by atoms with van der Waals surface area (Å²) >= 11 is 0. The molecule has 134 valence electrons. The Balaban J connectivity index is 2.19. The number of pyridine rings is 1. The van der Waals surface area contributed by atoms with Gasteiger partial charge in [0.25, 0.3) is 0 Å². The van der Waals surface area contributed by atoms with Crippen LogP contribution in [0.25, 0.3) is 21.8 Å². The Morgan fingerprint density at radius 2 is 2.19 bits per heavy atom. The van der Waals surface area contributed by atoms with Crippen LogP contribution in [0.4, 0.5) is 5.69 Å². The van der Waals surface area contributed by atoms with E-state index in [-0.39, 0.29) is 23.0 Å². The van der Waals surface area contributed by atoms with Crippen molar-refractivity contribution in [3.63, 3.8) is 0 Å². The maximum atomic E-state index is 12.3. The first-order chi connectivity index (χ1) is 12.5. The molecule has 7 heteroatoms. The lowest BCUT2D eigenvalue weighted by atomic mass is 10.1. The molecule has 0 aliphatic rings. The van der Waals surface area contributed by atoms with E-state index in [0.717, 1.165) is 10.8 Å². The molecule has 0 aliphatic heterocycles. The molecule has 1 atom stereocenters. The summed E-state index contributed by atoms with van der Waals surface area (Å²) in [6, 6.07) is 3.24. The van der Waals surface area contributed by atoms with Gasteiger partial charge in [-0.25, -0.2) is 0 Å². The Kier molecular flexibility index (Phi) is 4.71. The van der Waals surface area contributed by atoms with Crippen LogP contribution in [-0.2, 0) is 9.53 Å². The molecule has 0 saturated carbocycles. The van der Waals surface area contributed by atoms with Crippen LogP contribution in [0, 0.1) is 11.3 Å². The maximum absolute atomic E-state index is 12.3. The van der Waals surface area contributed by atoms with Gasteiger partial charge in [0.2, 0.25) is 11.7 Å². The van der Waals surface area contributed by atoms with Gasteiger partial charge in [0.1, 0.15) is 0 Å². The highest BCUT2D eigenvalue weighted by atomic mass is 16.5. The summed E-state index contributed by atoms with van der Waals surface area (Å²) in [5.41, 5.74) is 1.92. The lowest BCUT2D eigenvalue weighted by molar-refractivity contribution is -0.119. The van der Waals surface area contributed by atoms with Crippen molar-refractivity contribution in [2.75, 3.05) is 12.4 Å². The number of anilines is 1. The van der Waals surface area contributed by atoms with E-state index in [1.54, 1.807) is 18.3 Å². The number of nitrogens with zero attached hydrogens (tertiary/aromatic N) is 1. The number of hydrogen-bond donors (Lipinski definition) is 3. The maximum Gasteiger partial charge on any atom is 0.227 e. The predicted molar refractivity (Wildman–Crippen MR) is 99.2 cm³/mol. The van der Waals surface area contributed by atoms with Crippen LogP contribution in [0.1, 0.15) is 30.8 Å². The van der Waals surface area contributed by atoms with Gasteiger partial charge in [0, 0.05) is 29.0 Å². The number of H-pyrrole nitrogens is 1. The molecule has 1 amide bonds. The SMILES string of the molecule is CC[C@@H](C)C(=O)Nc1cc(=N)c2ncc3cc(C(=O)C=COC)[nH]c1c32. The van der Waals surface area contributed by atoms with E-state index in [9.17, 15) is 9.59 Å². The minimum atomic E-state index is -0.263. The number of hydrogen-bond acceptors (Lipinski definition) is 5. The fourth-order valence-electron chi connectivity index (χ4n) is 2.74. The first-order valence-electron chi connectivity index (χ1n) is 8.33. The van der Waals surface area contributed by atoms with E-state index in [4.69, 9.17) is 10.1 Å². The molecule has 3 N–H and O–H groups in total. The number of allylic oxidation sites excluding steroid dienone is 1. The van der Waals surface area contributed by atoms with E-state index in [1.165, 1.54) is 19.4 Å². The van der Waals surface area contributed by atoms with Gasteiger partial charge in [0.15, 0.2) is 0 Å². The number of aromatic nitrogens is 2. The van der Waals surface area contributed by atoms with Gasteiger partial charge in [-0.2, -0.15) is 0 Å². The number of rotatable bonds is 6. The number of nitrogens with one attached hydrogen (secondary N) is 3. The van der Waals surface area contributed by atoms with Crippen LogP contribution in [0.3, 0.4) is 0 Å². The molecule has 0 fully saturated rings. The summed E-state index contributed by atoms with van der Waals surface area (Å²) in [4.78, 5) is 32.0. The minimum Gasteiger partial charge on any atom is -0.504 e. The standard InChI is InChI=1S/C19H20N4O3/c1-4-10(2)19(25)23-14-8-12(20)17-16-11(9-21-17)7-13(22-18(14)16)15(24)5-6-26-3/h5-10,20,22H,4H2,1-3H3,(H,23,25)/t10-/m1/s1. The highest BCUT2D eigenvalue weighted by Gasteiger charge is 2.18. The summed E-state index contributed by atoms with van der Waals surface area (Å²) in [7, 11) is 1.46. The van der Waals surface area contributed by atoms with E-state index in [1.807, 2.05) is 13.8 Å². The zero-order valence-electron chi connectivity index (χ0n) is 14.8. The lowest BCUT2D eigenvalue weighted by Crippen LogP contribution is -2.21. The fraction of sp³-hybridized carbons (Fsp3) is 0.263. The smallest absolute Gasteiger partial charge is 0.227 e. The highest BCUT2D eigenvalue weighted by molar-refractivity contribution is 6.16. The molecule has 0 bridgehead atoms. The van der Waals surface area contributed by atoms with Crippen LogP contribution >= 0.6 is 0 Å². The van der Waals surface area contributed by atoms with Crippen molar-refractivity contribution in [2.24, 2.45) is 5.92 Å². The molecule has 26 heavy (non-hydrogen) atoms. The van der Waals surface area contributed by atoms with Crippen molar-refractivity contribution in [3.8, 4) is 0 Å². The molecule has 7 nitrogen and oxygen atoms in total. The number of carbonyl (C=O) groups excluding carboxylic acids is 2. The summed E-state index contributed by atoms with van der Waals surface area (Å²) < 4.78 is 4.80. The molecule has 3 rings (SSSR count). The Morgan fingerprint density at radius 3 is 2.88 bits per heavy atom. The van der Waals surface area contributed by atoms with Crippen molar-refractivity contribution in [2.45, 2.75) is 20.3 Å². The number of amides is 1. The van der Waals surface area contributed by atoms with Crippen LogP contribution in [0.2, 0.25) is 0 Å². The average molecular weight is 352 g/mol. The monoisotopic (exact) mass is 352 g/mol. The van der Waals surface area contributed by atoms with Gasteiger partial charge in [0.05, 0.1) is 41.1 Å². The lowest BCUT2D eigenvalue weighted by Gasteiger charge is -2.13. The third kappa shape index (κ3) is 3.03. The quantitative estimate of drug-likeness (QED) is 0.360. The molecule has 2 heterocycles. The molecule has 2 aromatic heterocycles. The fourth-order valence-corrected chi connectivity index (χ4v) is 2.74. The van der Waals surface area contributed by atoms with E-state index < -0.39 is 0 Å². The van der Waals surface area contributed by atoms with Crippen molar-refractivity contribution in [1.29, 1.82) is 5.41 Å². The van der Waals surface area contributed by atoms with Gasteiger partial charge in [-0.05, 0) is 18.6 Å². The molecule has 0 aliphatic carbocycles. The van der Waals surface area contributed by atoms with Gasteiger partial charge >= 0.3 is 0 Å². The minimum absolute atomic E-state index is 0.132. The van der Waals surface area contributed by atoms with Crippen molar-refractivity contribution in [1.82, 2.24) is 9.97 Å². The third-order valence-electron chi connectivity index (χ3n) is 4.42. The van der Waals surface area contributed by atoms with Crippen LogP contribution in [0.15, 0.2) is 30.7 Å². The van der Waals surface area contributed by atoms with Crippen LogP contribution < -0.4 is 10.7 Å². The van der Waals surface area contributed by atoms with Gasteiger partial charge < -0.3 is 15.0 Å². The largest absolute Gasteiger partial charge is 0.504 e. The second-order valence-electron chi connectivity index (χ2n) is 6.17.